The Balaban J connectivity index is 1.98. The zero-order chi connectivity index (χ0) is 21.2. The summed E-state index contributed by atoms with van der Waals surface area (Å²) in [6, 6.07) is 13.2. The van der Waals surface area contributed by atoms with E-state index in [4.69, 9.17) is 5.73 Å². The molecule has 2 N–H and O–H groups in total. The Morgan fingerprint density at radius 1 is 1.00 bits per heavy atom. The summed E-state index contributed by atoms with van der Waals surface area (Å²) in [6.45, 7) is -0.708. The lowest BCUT2D eigenvalue weighted by molar-refractivity contribution is -0.137. The number of thiophene rings is 1. The van der Waals surface area contributed by atoms with E-state index in [9.17, 15) is 26.4 Å². The van der Waals surface area contributed by atoms with Crippen LogP contribution in [0.15, 0.2) is 70.9 Å². The Morgan fingerprint density at radius 2 is 1.62 bits per heavy atom. The zero-order valence-corrected chi connectivity index (χ0v) is 16.4. The van der Waals surface area contributed by atoms with Crippen molar-refractivity contribution in [2.45, 2.75) is 11.1 Å². The van der Waals surface area contributed by atoms with Gasteiger partial charge in [-0.2, -0.15) is 13.2 Å². The highest BCUT2D eigenvalue weighted by Gasteiger charge is 2.31. The summed E-state index contributed by atoms with van der Waals surface area (Å²) in [5.41, 5.74) is 4.95. The number of carbonyl (C=O) groups excluding carboxylic acids is 1. The van der Waals surface area contributed by atoms with Crippen LogP contribution in [0.4, 0.5) is 18.9 Å². The third-order valence-corrected chi connectivity index (χ3v) is 6.74. The molecule has 3 aromatic rings. The highest BCUT2D eigenvalue weighted by molar-refractivity contribution is 7.92. The summed E-state index contributed by atoms with van der Waals surface area (Å²) in [4.78, 5) is 12.3. The molecule has 0 bridgehead atoms. The summed E-state index contributed by atoms with van der Waals surface area (Å²) >= 11 is 1.49. The second-order valence-corrected chi connectivity index (χ2v) is 8.83. The van der Waals surface area contributed by atoms with E-state index in [1.807, 2.05) is 17.5 Å². The molecular formula is C19H15F3N2O3S2. The molecule has 1 heterocycles. The van der Waals surface area contributed by atoms with E-state index in [2.05, 4.69) is 0 Å². The first-order chi connectivity index (χ1) is 13.6. The summed E-state index contributed by atoms with van der Waals surface area (Å²) in [5, 5.41) is 1.89. The molecule has 10 heteroatoms. The minimum absolute atomic E-state index is 0.0980. The first-order valence-electron chi connectivity index (χ1n) is 8.21. The number of hydrogen-bond acceptors (Lipinski definition) is 4. The van der Waals surface area contributed by atoms with Crippen molar-refractivity contribution in [3.8, 4) is 10.4 Å². The van der Waals surface area contributed by atoms with Gasteiger partial charge in [-0.15, -0.1) is 11.3 Å². The Bertz CT molecular complexity index is 1090. The van der Waals surface area contributed by atoms with Gasteiger partial charge in [0.2, 0.25) is 5.91 Å². The molecule has 0 aliphatic carbocycles. The van der Waals surface area contributed by atoms with Crippen LogP contribution in [0.1, 0.15) is 5.56 Å². The van der Waals surface area contributed by atoms with Crippen molar-refractivity contribution in [3.05, 3.63) is 71.6 Å². The third-order valence-electron chi connectivity index (χ3n) is 4.03. The van der Waals surface area contributed by atoms with Gasteiger partial charge in [-0.25, -0.2) is 8.42 Å². The lowest BCUT2D eigenvalue weighted by Gasteiger charge is -2.23. The molecule has 152 valence electrons. The van der Waals surface area contributed by atoms with Crippen LogP contribution in [-0.4, -0.2) is 20.9 Å². The van der Waals surface area contributed by atoms with Crippen LogP contribution >= 0.6 is 11.3 Å². The number of amides is 1. The van der Waals surface area contributed by atoms with Gasteiger partial charge < -0.3 is 5.73 Å². The first kappa shape index (κ1) is 20.9. The fourth-order valence-electron chi connectivity index (χ4n) is 2.63. The van der Waals surface area contributed by atoms with Crippen LogP contribution < -0.4 is 10.0 Å². The van der Waals surface area contributed by atoms with Crippen molar-refractivity contribution < 1.29 is 26.4 Å². The fourth-order valence-corrected chi connectivity index (χ4v) is 4.80. The van der Waals surface area contributed by atoms with Crippen molar-refractivity contribution in [3.63, 3.8) is 0 Å². The number of nitrogens with two attached hydrogens (primary N) is 1. The average molecular weight is 440 g/mol. The van der Waals surface area contributed by atoms with Gasteiger partial charge in [0.05, 0.1) is 16.1 Å². The number of primary amides is 1. The van der Waals surface area contributed by atoms with Gasteiger partial charge in [-0.05, 0) is 53.4 Å². The number of alkyl halides is 3. The fraction of sp³-hybridized carbons (Fsp3) is 0.105. The maximum atomic E-state index is 13.0. The Labute approximate surface area is 169 Å². The molecular weight excluding hydrogens is 425 g/mol. The quantitative estimate of drug-likeness (QED) is 0.626. The van der Waals surface area contributed by atoms with E-state index in [1.54, 1.807) is 12.1 Å². The molecule has 1 amide bonds. The van der Waals surface area contributed by atoms with Crippen molar-refractivity contribution in [1.82, 2.24) is 0 Å². The van der Waals surface area contributed by atoms with Gasteiger partial charge in [0.15, 0.2) is 0 Å². The lowest BCUT2D eigenvalue weighted by Crippen LogP contribution is -2.38. The number of anilines is 1. The molecule has 0 radical (unpaired) electrons. The SMILES string of the molecule is NC(=O)CN(c1ccc(C(F)(F)F)cc1)S(=O)(=O)c1ccc(-c2cccs2)cc1. The predicted molar refractivity (Wildman–Crippen MR) is 105 cm³/mol. The van der Waals surface area contributed by atoms with Crippen molar-refractivity contribution in [2.24, 2.45) is 5.73 Å². The maximum Gasteiger partial charge on any atom is 0.416 e. The van der Waals surface area contributed by atoms with Crippen LogP contribution in [0.2, 0.25) is 0 Å². The number of nitrogens with zero attached hydrogens (tertiary/aromatic N) is 1. The third kappa shape index (κ3) is 4.60. The molecule has 0 unspecified atom stereocenters. The van der Waals surface area contributed by atoms with E-state index in [0.717, 1.165) is 34.7 Å². The molecule has 3 rings (SSSR count). The Kier molecular flexibility index (Phi) is 5.67. The number of halogens is 3. The van der Waals surface area contributed by atoms with Gasteiger partial charge in [-0.3, -0.25) is 9.10 Å². The molecule has 29 heavy (non-hydrogen) atoms. The van der Waals surface area contributed by atoms with Crippen LogP contribution in [0.5, 0.6) is 0 Å². The molecule has 0 saturated carbocycles. The van der Waals surface area contributed by atoms with E-state index < -0.39 is 34.2 Å². The molecule has 2 aromatic carbocycles. The van der Waals surface area contributed by atoms with Gasteiger partial charge in [0, 0.05) is 4.88 Å². The molecule has 0 saturated heterocycles. The normalized spacial score (nSPS) is 12.0. The van der Waals surface area contributed by atoms with E-state index in [-0.39, 0.29) is 10.6 Å². The smallest absolute Gasteiger partial charge is 0.368 e. The summed E-state index contributed by atoms with van der Waals surface area (Å²) in [5.74, 6) is -0.941. The van der Waals surface area contributed by atoms with Crippen molar-refractivity contribution in [2.75, 3.05) is 10.8 Å². The van der Waals surface area contributed by atoms with Gasteiger partial charge in [0.1, 0.15) is 6.54 Å². The van der Waals surface area contributed by atoms with Crippen molar-refractivity contribution in [1.29, 1.82) is 0 Å². The molecule has 1 aromatic heterocycles. The predicted octanol–water partition coefficient (Wildman–Crippen LogP) is 4.11. The Hall–Kier alpha value is -2.85. The highest BCUT2D eigenvalue weighted by atomic mass is 32.2. The minimum atomic E-state index is -4.57. The number of rotatable bonds is 6. The monoisotopic (exact) mass is 440 g/mol. The highest BCUT2D eigenvalue weighted by Crippen LogP contribution is 2.32. The molecule has 5 nitrogen and oxygen atoms in total. The van der Waals surface area contributed by atoms with E-state index >= 15 is 0 Å². The maximum absolute atomic E-state index is 13.0. The standard InChI is InChI=1S/C19H15F3N2O3S2/c20-19(21,22)14-5-7-15(8-6-14)24(12-18(23)25)29(26,27)16-9-3-13(4-10-16)17-2-1-11-28-17/h1-11H,12H2,(H2,23,25). The average Bonchev–Trinajstić information content (AvgIpc) is 3.20. The number of hydrogen-bond donors (Lipinski definition) is 1. The number of sulfonamides is 1. The van der Waals surface area contributed by atoms with Gasteiger partial charge >= 0.3 is 6.18 Å². The van der Waals surface area contributed by atoms with Crippen LogP contribution in [-0.2, 0) is 21.0 Å². The molecule has 0 aliphatic rings. The number of benzene rings is 2. The van der Waals surface area contributed by atoms with Crippen LogP contribution in [0, 0.1) is 0 Å². The van der Waals surface area contributed by atoms with Crippen molar-refractivity contribution >= 4 is 33.0 Å². The van der Waals surface area contributed by atoms with E-state index in [0.29, 0.717) is 4.31 Å². The largest absolute Gasteiger partial charge is 0.416 e. The molecule has 0 fully saturated rings. The van der Waals surface area contributed by atoms with Gasteiger partial charge in [-0.1, -0.05) is 18.2 Å². The second kappa shape index (κ2) is 7.88. The first-order valence-corrected chi connectivity index (χ1v) is 10.5. The van der Waals surface area contributed by atoms with Crippen LogP contribution in [0.3, 0.4) is 0 Å². The summed E-state index contributed by atoms with van der Waals surface area (Å²) in [7, 11) is -4.23. The Morgan fingerprint density at radius 3 is 2.10 bits per heavy atom. The number of carbonyl (C=O) groups is 1. The summed E-state index contributed by atoms with van der Waals surface area (Å²) < 4.78 is 65.1. The van der Waals surface area contributed by atoms with Crippen LogP contribution in [0.25, 0.3) is 10.4 Å². The molecule has 0 spiro atoms. The minimum Gasteiger partial charge on any atom is -0.368 e. The lowest BCUT2D eigenvalue weighted by atomic mass is 10.2. The summed E-state index contributed by atoms with van der Waals surface area (Å²) in [6.07, 6.45) is -4.57. The van der Waals surface area contributed by atoms with Gasteiger partial charge in [0.25, 0.3) is 10.0 Å². The second-order valence-electron chi connectivity index (χ2n) is 6.02. The molecule has 0 atom stereocenters. The zero-order valence-electron chi connectivity index (χ0n) is 14.8. The molecule has 0 aliphatic heterocycles. The topological polar surface area (TPSA) is 80.5 Å². The van der Waals surface area contributed by atoms with E-state index in [1.165, 1.54) is 23.5 Å².